The fourth-order valence-corrected chi connectivity index (χ4v) is 3.13. The number of nitrogens with one attached hydrogen (secondary N) is 1. The van der Waals surface area contributed by atoms with Gasteiger partial charge in [0, 0.05) is 24.4 Å². The Morgan fingerprint density at radius 3 is 2.69 bits per heavy atom. The molecule has 0 radical (unpaired) electrons. The zero-order valence-electron chi connectivity index (χ0n) is 15.4. The summed E-state index contributed by atoms with van der Waals surface area (Å²) in [5, 5.41) is 2.99. The second kappa shape index (κ2) is 8.72. The quantitative estimate of drug-likeness (QED) is 0.845. The van der Waals surface area contributed by atoms with Crippen molar-refractivity contribution < 1.29 is 14.3 Å². The molecule has 5 nitrogen and oxygen atoms in total. The molecule has 5 heteroatoms. The highest BCUT2D eigenvalue weighted by atomic mass is 16.5. The number of nitrogens with zero attached hydrogens (tertiary/aromatic N) is 1. The zero-order chi connectivity index (χ0) is 18.4. The van der Waals surface area contributed by atoms with Crippen LogP contribution in [0.1, 0.15) is 24.0 Å². The zero-order valence-corrected chi connectivity index (χ0v) is 15.4. The Labute approximate surface area is 154 Å². The molecule has 1 saturated heterocycles. The largest absolute Gasteiger partial charge is 0.496 e. The Morgan fingerprint density at radius 2 is 2.00 bits per heavy atom. The molecule has 0 aromatic heterocycles. The number of hydrogen-bond donors (Lipinski definition) is 1. The van der Waals surface area contributed by atoms with Crippen LogP contribution in [-0.2, 0) is 11.3 Å². The molecular weight excluding hydrogens is 328 g/mol. The molecule has 0 aliphatic carbocycles. The molecule has 1 atom stereocenters. The first-order chi connectivity index (χ1) is 12.7. The van der Waals surface area contributed by atoms with E-state index in [1.807, 2.05) is 55.5 Å². The minimum atomic E-state index is -0.129. The number of carbonyl (C=O) groups excluding carboxylic acids is 1. The van der Waals surface area contributed by atoms with E-state index in [-0.39, 0.29) is 12.1 Å². The highest BCUT2D eigenvalue weighted by Crippen LogP contribution is 2.22. The van der Waals surface area contributed by atoms with E-state index in [1.165, 1.54) is 0 Å². The molecule has 3 rings (SSSR count). The number of ether oxygens (including phenoxy) is 2. The van der Waals surface area contributed by atoms with Crippen LogP contribution < -0.4 is 10.1 Å². The first-order valence-corrected chi connectivity index (χ1v) is 9.02. The Bertz CT molecular complexity index is 724. The molecule has 1 unspecified atom stereocenters. The molecule has 2 aromatic carbocycles. The number of aryl methyl sites for hydroxylation is 1. The predicted octanol–water partition coefficient (Wildman–Crippen LogP) is 4.22. The molecule has 0 bridgehead atoms. The van der Waals surface area contributed by atoms with Gasteiger partial charge < -0.3 is 19.7 Å². The molecule has 2 amide bonds. The molecule has 1 heterocycles. The van der Waals surface area contributed by atoms with Crippen LogP contribution in [0.25, 0.3) is 0 Å². The Kier molecular flexibility index (Phi) is 6.12. The van der Waals surface area contributed by atoms with E-state index in [0.717, 1.165) is 42.0 Å². The maximum absolute atomic E-state index is 12.9. The first kappa shape index (κ1) is 18.3. The summed E-state index contributed by atoms with van der Waals surface area (Å²) in [5.74, 6) is 0.785. The molecule has 26 heavy (non-hydrogen) atoms. The van der Waals surface area contributed by atoms with E-state index < -0.39 is 0 Å². The van der Waals surface area contributed by atoms with Gasteiger partial charge in [-0.25, -0.2) is 4.79 Å². The maximum Gasteiger partial charge on any atom is 0.322 e. The normalized spacial score (nSPS) is 16.3. The van der Waals surface area contributed by atoms with Crippen LogP contribution in [0, 0.1) is 6.92 Å². The molecule has 138 valence electrons. The minimum absolute atomic E-state index is 0.0912. The predicted molar refractivity (Wildman–Crippen MR) is 103 cm³/mol. The standard InChI is InChI=1S/C21H26N2O3/c1-16-9-11-18(12-10-16)22-21(24)23(15-19-7-5-13-26-19)14-17-6-3-4-8-20(17)25-2/h3-4,6,8-12,19H,5,7,13-15H2,1-2H3,(H,22,24). The highest BCUT2D eigenvalue weighted by Gasteiger charge is 2.23. The molecule has 1 aliphatic heterocycles. The van der Waals surface area contributed by atoms with E-state index in [4.69, 9.17) is 9.47 Å². The topological polar surface area (TPSA) is 50.8 Å². The number of urea groups is 1. The lowest BCUT2D eigenvalue weighted by atomic mass is 10.1. The molecule has 0 saturated carbocycles. The van der Waals surface area contributed by atoms with Gasteiger partial charge >= 0.3 is 6.03 Å². The summed E-state index contributed by atoms with van der Waals surface area (Å²) in [6.45, 7) is 3.83. The van der Waals surface area contributed by atoms with Crippen LogP contribution in [0.2, 0.25) is 0 Å². The summed E-state index contributed by atoms with van der Waals surface area (Å²) in [6.07, 6.45) is 2.13. The van der Waals surface area contributed by atoms with Gasteiger partial charge in [0.2, 0.25) is 0 Å². The van der Waals surface area contributed by atoms with Crippen molar-refractivity contribution in [1.82, 2.24) is 4.90 Å². The summed E-state index contributed by atoms with van der Waals surface area (Å²) in [5.41, 5.74) is 2.93. The molecule has 1 aliphatic rings. The minimum Gasteiger partial charge on any atom is -0.496 e. The number of anilines is 1. The van der Waals surface area contributed by atoms with Crippen molar-refractivity contribution in [3.63, 3.8) is 0 Å². The molecule has 0 spiro atoms. The molecule has 1 fully saturated rings. The van der Waals surface area contributed by atoms with Crippen LogP contribution in [-0.4, -0.2) is 37.3 Å². The van der Waals surface area contributed by atoms with Gasteiger partial charge in [0.05, 0.1) is 19.8 Å². The summed E-state index contributed by atoms with van der Waals surface area (Å²) in [7, 11) is 1.65. The third-order valence-corrected chi connectivity index (χ3v) is 4.59. The summed E-state index contributed by atoms with van der Waals surface area (Å²) in [6, 6.07) is 15.5. The number of rotatable bonds is 6. The van der Waals surface area contributed by atoms with Gasteiger partial charge in [-0.2, -0.15) is 0 Å². The van der Waals surface area contributed by atoms with Crippen LogP contribution >= 0.6 is 0 Å². The third-order valence-electron chi connectivity index (χ3n) is 4.59. The number of para-hydroxylation sites is 1. The SMILES string of the molecule is COc1ccccc1CN(CC1CCCO1)C(=O)Nc1ccc(C)cc1. The first-order valence-electron chi connectivity index (χ1n) is 9.02. The fourth-order valence-electron chi connectivity index (χ4n) is 3.13. The van der Waals surface area contributed by atoms with Gasteiger partial charge in [0.1, 0.15) is 5.75 Å². The lowest BCUT2D eigenvalue weighted by Gasteiger charge is -2.26. The van der Waals surface area contributed by atoms with Crippen molar-refractivity contribution in [3.8, 4) is 5.75 Å². The average Bonchev–Trinajstić information content (AvgIpc) is 3.16. The van der Waals surface area contributed by atoms with Crippen LogP contribution in [0.5, 0.6) is 5.75 Å². The van der Waals surface area contributed by atoms with Gasteiger partial charge in [0.15, 0.2) is 0 Å². The van der Waals surface area contributed by atoms with Crippen molar-refractivity contribution in [2.45, 2.75) is 32.4 Å². The van der Waals surface area contributed by atoms with Crippen LogP contribution in [0.15, 0.2) is 48.5 Å². The molecule has 2 aromatic rings. The van der Waals surface area contributed by atoms with Gasteiger partial charge in [0.25, 0.3) is 0 Å². The van der Waals surface area contributed by atoms with E-state index in [0.29, 0.717) is 13.1 Å². The van der Waals surface area contributed by atoms with E-state index in [1.54, 1.807) is 12.0 Å². The highest BCUT2D eigenvalue weighted by molar-refractivity contribution is 5.89. The fraction of sp³-hybridized carbons (Fsp3) is 0.381. The van der Waals surface area contributed by atoms with Gasteiger partial charge in [-0.05, 0) is 38.0 Å². The summed E-state index contributed by atoms with van der Waals surface area (Å²) in [4.78, 5) is 14.7. The van der Waals surface area contributed by atoms with Gasteiger partial charge in [-0.3, -0.25) is 0 Å². The second-order valence-corrected chi connectivity index (χ2v) is 6.62. The van der Waals surface area contributed by atoms with E-state index in [2.05, 4.69) is 5.32 Å². The number of hydrogen-bond acceptors (Lipinski definition) is 3. The number of benzene rings is 2. The smallest absolute Gasteiger partial charge is 0.322 e. The molecular formula is C21H26N2O3. The van der Waals surface area contributed by atoms with Crippen LogP contribution in [0.4, 0.5) is 10.5 Å². The number of amides is 2. The number of methoxy groups -OCH3 is 1. The third kappa shape index (κ3) is 4.76. The Hall–Kier alpha value is -2.53. The lowest BCUT2D eigenvalue weighted by Crippen LogP contribution is -2.39. The van der Waals surface area contributed by atoms with Crippen molar-refractivity contribution >= 4 is 11.7 Å². The van der Waals surface area contributed by atoms with Gasteiger partial charge in [-0.1, -0.05) is 35.9 Å². The monoisotopic (exact) mass is 354 g/mol. The Balaban J connectivity index is 1.75. The summed E-state index contributed by atoms with van der Waals surface area (Å²) < 4.78 is 11.2. The van der Waals surface area contributed by atoms with E-state index >= 15 is 0 Å². The van der Waals surface area contributed by atoms with Crippen molar-refractivity contribution in [2.75, 3.05) is 25.6 Å². The Morgan fingerprint density at radius 1 is 1.23 bits per heavy atom. The molecule has 1 N–H and O–H groups in total. The average molecular weight is 354 g/mol. The van der Waals surface area contributed by atoms with Crippen molar-refractivity contribution in [2.24, 2.45) is 0 Å². The lowest BCUT2D eigenvalue weighted by molar-refractivity contribution is 0.0817. The van der Waals surface area contributed by atoms with Crippen molar-refractivity contribution in [1.29, 1.82) is 0 Å². The van der Waals surface area contributed by atoms with Gasteiger partial charge in [-0.15, -0.1) is 0 Å². The summed E-state index contributed by atoms with van der Waals surface area (Å²) >= 11 is 0. The van der Waals surface area contributed by atoms with E-state index in [9.17, 15) is 4.79 Å². The number of carbonyl (C=O) groups is 1. The van der Waals surface area contributed by atoms with Crippen LogP contribution in [0.3, 0.4) is 0 Å². The second-order valence-electron chi connectivity index (χ2n) is 6.62. The maximum atomic E-state index is 12.9. The van der Waals surface area contributed by atoms with Crippen molar-refractivity contribution in [3.05, 3.63) is 59.7 Å².